The number of hydrogen-bond donors (Lipinski definition) is 1. The Morgan fingerprint density at radius 1 is 1.44 bits per heavy atom. The molecule has 5 nitrogen and oxygen atoms in total. The van der Waals surface area contributed by atoms with Gasteiger partial charge < -0.3 is 14.8 Å². The van der Waals surface area contributed by atoms with Crippen molar-refractivity contribution >= 4 is 33.6 Å². The van der Waals surface area contributed by atoms with Crippen LogP contribution in [-0.2, 0) is 9.47 Å². The molecule has 2 heterocycles. The molecule has 1 aliphatic rings. The van der Waals surface area contributed by atoms with Crippen LogP contribution in [0.5, 0.6) is 0 Å². The number of carbonyl (C=O) groups is 1. The normalized spacial score (nSPS) is 24.5. The second kappa shape index (κ2) is 8.69. The highest BCUT2D eigenvalue weighted by Crippen LogP contribution is 2.33. The lowest BCUT2D eigenvalue weighted by molar-refractivity contribution is 0.0126. The van der Waals surface area contributed by atoms with Crippen LogP contribution >= 0.6 is 27.5 Å². The number of alkyl carbamates (subject to hydrolysis) is 1. The van der Waals surface area contributed by atoms with E-state index in [1.807, 2.05) is 26.8 Å². The van der Waals surface area contributed by atoms with Gasteiger partial charge >= 0.3 is 6.09 Å². The van der Waals surface area contributed by atoms with E-state index in [9.17, 15) is 4.79 Å². The fourth-order valence-corrected chi connectivity index (χ4v) is 3.69. The van der Waals surface area contributed by atoms with Gasteiger partial charge in [0.25, 0.3) is 0 Å². The molecule has 1 aromatic heterocycles. The van der Waals surface area contributed by atoms with E-state index in [1.165, 1.54) is 0 Å². The van der Waals surface area contributed by atoms with E-state index < -0.39 is 11.7 Å². The van der Waals surface area contributed by atoms with E-state index in [0.29, 0.717) is 22.3 Å². The summed E-state index contributed by atoms with van der Waals surface area (Å²) < 4.78 is 12.2. The van der Waals surface area contributed by atoms with Crippen molar-refractivity contribution in [1.82, 2.24) is 10.3 Å². The molecule has 7 heteroatoms. The van der Waals surface area contributed by atoms with Gasteiger partial charge in [0.05, 0.1) is 12.6 Å². The summed E-state index contributed by atoms with van der Waals surface area (Å²) in [6, 6.07) is 3.48. The summed E-state index contributed by atoms with van der Waals surface area (Å²) >= 11 is 9.47. The standard InChI is InChI=1S/C18H26BrClN2O3/c1-5-11-6-7-13(21-17(23)25-18(2,3)4)16(24-10-11)12-8-14(19)22-15(20)9-12/h8-9,11,13,16H,5-7,10H2,1-4H3,(H,21,23). The molecule has 140 valence electrons. The lowest BCUT2D eigenvalue weighted by atomic mass is 9.95. The zero-order chi connectivity index (χ0) is 18.6. The van der Waals surface area contributed by atoms with Gasteiger partial charge in [-0.1, -0.05) is 24.9 Å². The maximum atomic E-state index is 12.3. The molecule has 1 saturated heterocycles. The molecule has 0 spiro atoms. The van der Waals surface area contributed by atoms with Crippen molar-refractivity contribution in [3.05, 3.63) is 27.5 Å². The van der Waals surface area contributed by atoms with Crippen LogP contribution < -0.4 is 5.32 Å². The van der Waals surface area contributed by atoms with E-state index in [2.05, 4.69) is 33.2 Å². The molecule has 1 aliphatic heterocycles. The van der Waals surface area contributed by atoms with Gasteiger partial charge in [0.2, 0.25) is 0 Å². The predicted octanol–water partition coefficient (Wildman–Crippen LogP) is 5.27. The first kappa shape index (κ1) is 20.5. The molecular formula is C18H26BrClN2O3. The Hall–Kier alpha value is -0.850. The number of amides is 1. The summed E-state index contributed by atoms with van der Waals surface area (Å²) in [4.78, 5) is 16.4. The fourth-order valence-electron chi connectivity index (χ4n) is 2.91. The van der Waals surface area contributed by atoms with Gasteiger partial charge in [0.1, 0.15) is 21.5 Å². The minimum Gasteiger partial charge on any atom is -0.444 e. The molecule has 3 atom stereocenters. The summed E-state index contributed by atoms with van der Waals surface area (Å²) in [7, 11) is 0. The summed E-state index contributed by atoms with van der Waals surface area (Å²) in [5.41, 5.74) is 0.352. The number of rotatable bonds is 3. The first-order chi connectivity index (χ1) is 11.7. The number of pyridine rings is 1. The van der Waals surface area contributed by atoms with Gasteiger partial charge in [-0.2, -0.15) is 0 Å². The summed E-state index contributed by atoms with van der Waals surface area (Å²) in [5, 5.41) is 3.37. The number of nitrogens with one attached hydrogen (secondary N) is 1. The second-order valence-corrected chi connectivity index (χ2v) is 8.60. The first-order valence-electron chi connectivity index (χ1n) is 8.62. The SMILES string of the molecule is CCC1CCC(NC(=O)OC(C)(C)C)C(c2cc(Cl)nc(Br)c2)OC1. The van der Waals surface area contributed by atoms with Gasteiger partial charge in [0, 0.05) is 0 Å². The molecular weight excluding hydrogens is 408 g/mol. The average Bonchev–Trinajstić information content (AvgIpc) is 2.66. The number of hydrogen-bond acceptors (Lipinski definition) is 4. The van der Waals surface area contributed by atoms with Crippen LogP contribution in [0.4, 0.5) is 4.79 Å². The highest BCUT2D eigenvalue weighted by Gasteiger charge is 2.32. The Balaban J connectivity index is 2.22. The fraction of sp³-hybridized carbons (Fsp3) is 0.667. The molecule has 1 N–H and O–H groups in total. The van der Waals surface area contributed by atoms with E-state index >= 15 is 0 Å². The van der Waals surface area contributed by atoms with Crippen molar-refractivity contribution in [2.24, 2.45) is 5.92 Å². The molecule has 25 heavy (non-hydrogen) atoms. The van der Waals surface area contributed by atoms with Crippen molar-refractivity contribution in [1.29, 1.82) is 0 Å². The number of ether oxygens (including phenoxy) is 2. The molecule has 0 radical (unpaired) electrons. The molecule has 0 aromatic carbocycles. The van der Waals surface area contributed by atoms with E-state index in [4.69, 9.17) is 21.1 Å². The quantitative estimate of drug-likeness (QED) is 0.660. The lowest BCUT2D eigenvalue weighted by Crippen LogP contribution is -2.42. The molecule has 1 aromatic rings. The summed E-state index contributed by atoms with van der Waals surface area (Å²) in [6.07, 6.45) is 2.14. The highest BCUT2D eigenvalue weighted by atomic mass is 79.9. The first-order valence-corrected chi connectivity index (χ1v) is 9.79. The van der Waals surface area contributed by atoms with Crippen LogP contribution in [0.1, 0.15) is 58.6 Å². The van der Waals surface area contributed by atoms with Crippen LogP contribution in [0.15, 0.2) is 16.7 Å². The lowest BCUT2D eigenvalue weighted by Gasteiger charge is -2.28. The van der Waals surface area contributed by atoms with E-state index in [-0.39, 0.29) is 12.1 Å². The molecule has 0 aliphatic carbocycles. The van der Waals surface area contributed by atoms with Crippen molar-refractivity contribution < 1.29 is 14.3 Å². The van der Waals surface area contributed by atoms with Crippen molar-refractivity contribution in [3.8, 4) is 0 Å². The maximum absolute atomic E-state index is 12.3. The van der Waals surface area contributed by atoms with E-state index in [0.717, 1.165) is 24.8 Å². The monoisotopic (exact) mass is 432 g/mol. The van der Waals surface area contributed by atoms with Gasteiger partial charge in [0.15, 0.2) is 0 Å². The van der Waals surface area contributed by atoms with Gasteiger partial charge in [-0.25, -0.2) is 9.78 Å². The van der Waals surface area contributed by atoms with Crippen LogP contribution in [0, 0.1) is 5.92 Å². The largest absolute Gasteiger partial charge is 0.444 e. The third-order valence-electron chi connectivity index (χ3n) is 4.16. The van der Waals surface area contributed by atoms with Crippen LogP contribution in [0.25, 0.3) is 0 Å². The number of carbonyl (C=O) groups excluding carboxylic acids is 1. The zero-order valence-electron chi connectivity index (χ0n) is 15.1. The summed E-state index contributed by atoms with van der Waals surface area (Å²) in [6.45, 7) is 8.36. The molecule has 1 amide bonds. The molecule has 1 fully saturated rings. The number of nitrogens with zero attached hydrogens (tertiary/aromatic N) is 1. The Morgan fingerprint density at radius 2 is 2.16 bits per heavy atom. The van der Waals surface area contributed by atoms with Gasteiger partial charge in [-0.3, -0.25) is 0 Å². The third kappa shape index (κ3) is 6.42. The van der Waals surface area contributed by atoms with Crippen molar-refractivity contribution in [2.45, 2.75) is 64.7 Å². The molecule has 2 rings (SSSR count). The number of halogens is 2. The topological polar surface area (TPSA) is 60.5 Å². The van der Waals surface area contributed by atoms with Crippen molar-refractivity contribution in [2.75, 3.05) is 6.61 Å². The Kier molecular flexibility index (Phi) is 7.11. The van der Waals surface area contributed by atoms with Gasteiger partial charge in [-0.05, 0) is 73.2 Å². The average molecular weight is 434 g/mol. The predicted molar refractivity (Wildman–Crippen MR) is 102 cm³/mol. The molecule has 0 bridgehead atoms. The maximum Gasteiger partial charge on any atom is 0.407 e. The zero-order valence-corrected chi connectivity index (χ0v) is 17.5. The Morgan fingerprint density at radius 3 is 2.76 bits per heavy atom. The minimum atomic E-state index is -0.542. The minimum absolute atomic E-state index is 0.184. The van der Waals surface area contributed by atoms with Crippen LogP contribution in [-0.4, -0.2) is 29.3 Å². The highest BCUT2D eigenvalue weighted by molar-refractivity contribution is 9.10. The van der Waals surface area contributed by atoms with Crippen molar-refractivity contribution in [3.63, 3.8) is 0 Å². The van der Waals surface area contributed by atoms with Gasteiger partial charge in [-0.15, -0.1) is 0 Å². The summed E-state index contributed by atoms with van der Waals surface area (Å²) in [5.74, 6) is 0.480. The molecule has 3 unspecified atom stereocenters. The third-order valence-corrected chi connectivity index (χ3v) is 4.76. The van der Waals surface area contributed by atoms with E-state index in [1.54, 1.807) is 6.07 Å². The smallest absolute Gasteiger partial charge is 0.407 e. The Bertz CT molecular complexity index is 586. The van der Waals surface area contributed by atoms with Crippen LogP contribution in [0.3, 0.4) is 0 Å². The Labute approximate surface area is 162 Å². The second-order valence-electron chi connectivity index (χ2n) is 7.40. The molecule has 0 saturated carbocycles. The number of aromatic nitrogens is 1. The van der Waals surface area contributed by atoms with Crippen LogP contribution in [0.2, 0.25) is 5.15 Å².